The molecule has 1 heterocycles. The van der Waals surface area contributed by atoms with Gasteiger partial charge in [-0.05, 0) is 68.1 Å². The predicted octanol–water partition coefficient (Wildman–Crippen LogP) is 8.94. The van der Waals surface area contributed by atoms with Gasteiger partial charge in [0, 0.05) is 20.6 Å². The van der Waals surface area contributed by atoms with Crippen LogP contribution in [0, 0.1) is 0 Å². The van der Waals surface area contributed by atoms with E-state index in [1.165, 1.54) is 65.1 Å². The Morgan fingerprint density at radius 2 is 1.28 bits per heavy atom. The maximum Gasteiger partial charge on any atom is 0.0207 e. The first-order chi connectivity index (χ1) is 15.6. The minimum atomic E-state index is -0.0141. The standard InChI is InChI=1S/C31H22S/c1-31(2)26-14-4-3-10-22(26)24-13-7-11-21(30(24)31)20-16-17-27-25(18-20)23-12-5-8-19-9-6-15-28(32-27)29(19)23/h3-18H,1-2H3. The second-order valence-corrected chi connectivity index (χ2v) is 10.5. The Balaban J connectivity index is 1.48. The minimum absolute atomic E-state index is 0.0141. The van der Waals surface area contributed by atoms with E-state index in [1.807, 2.05) is 11.8 Å². The van der Waals surface area contributed by atoms with E-state index in [2.05, 4.69) is 111 Å². The average Bonchev–Trinajstić information content (AvgIpc) is 3.07. The first kappa shape index (κ1) is 18.3. The highest BCUT2D eigenvalue weighted by atomic mass is 32.2. The molecule has 0 amide bonds. The van der Waals surface area contributed by atoms with E-state index in [1.54, 1.807) is 0 Å². The molecule has 5 aromatic carbocycles. The van der Waals surface area contributed by atoms with Gasteiger partial charge in [0.25, 0.3) is 0 Å². The molecule has 0 spiro atoms. The lowest BCUT2D eigenvalue weighted by Gasteiger charge is -2.25. The van der Waals surface area contributed by atoms with Gasteiger partial charge in [0.15, 0.2) is 0 Å². The number of hydrogen-bond donors (Lipinski definition) is 0. The number of fused-ring (bicyclic) bond motifs is 5. The molecule has 0 fully saturated rings. The lowest BCUT2D eigenvalue weighted by molar-refractivity contribution is 0.662. The third-order valence-electron chi connectivity index (χ3n) is 7.25. The van der Waals surface area contributed by atoms with Gasteiger partial charge in [-0.2, -0.15) is 0 Å². The van der Waals surface area contributed by atoms with Crippen molar-refractivity contribution in [3.63, 3.8) is 0 Å². The van der Waals surface area contributed by atoms with Crippen LogP contribution in [0.4, 0.5) is 0 Å². The molecular weight excluding hydrogens is 404 g/mol. The molecule has 0 saturated heterocycles. The molecule has 152 valence electrons. The molecule has 0 bridgehead atoms. The minimum Gasteiger partial charge on any atom is -0.0888 e. The Bertz CT molecular complexity index is 1570. The lowest BCUT2D eigenvalue weighted by Crippen LogP contribution is -2.16. The lowest BCUT2D eigenvalue weighted by atomic mass is 9.78. The van der Waals surface area contributed by atoms with Crippen LogP contribution in [0.1, 0.15) is 25.0 Å². The molecule has 0 nitrogen and oxygen atoms in total. The number of hydrogen-bond acceptors (Lipinski definition) is 1. The van der Waals surface area contributed by atoms with Gasteiger partial charge < -0.3 is 0 Å². The van der Waals surface area contributed by atoms with Crippen molar-refractivity contribution in [2.75, 3.05) is 0 Å². The van der Waals surface area contributed by atoms with Crippen LogP contribution < -0.4 is 0 Å². The highest BCUT2D eigenvalue weighted by molar-refractivity contribution is 7.99. The van der Waals surface area contributed by atoms with Gasteiger partial charge in [-0.3, -0.25) is 0 Å². The maximum absolute atomic E-state index is 2.42. The summed E-state index contributed by atoms with van der Waals surface area (Å²) in [5.74, 6) is 0. The smallest absolute Gasteiger partial charge is 0.0207 e. The molecule has 1 heteroatoms. The monoisotopic (exact) mass is 426 g/mol. The SMILES string of the molecule is CC1(C)c2ccccc2-c2cccc(-c3ccc4c(c3)-c3cccc5cccc(c35)S4)c21. The molecule has 0 saturated carbocycles. The highest BCUT2D eigenvalue weighted by Crippen LogP contribution is 2.53. The highest BCUT2D eigenvalue weighted by Gasteiger charge is 2.37. The topological polar surface area (TPSA) is 0 Å². The van der Waals surface area contributed by atoms with Crippen LogP contribution in [-0.4, -0.2) is 0 Å². The van der Waals surface area contributed by atoms with Gasteiger partial charge in [0.1, 0.15) is 0 Å². The molecular formula is C31H22S. The zero-order valence-corrected chi connectivity index (χ0v) is 19.0. The molecule has 0 aromatic heterocycles. The molecule has 0 N–H and O–H groups in total. The summed E-state index contributed by atoms with van der Waals surface area (Å²) in [5, 5.41) is 2.71. The Morgan fingerprint density at radius 1 is 0.562 bits per heavy atom. The van der Waals surface area contributed by atoms with E-state index >= 15 is 0 Å². The summed E-state index contributed by atoms with van der Waals surface area (Å²) in [7, 11) is 0. The first-order valence-corrected chi connectivity index (χ1v) is 12.0. The molecule has 2 aliphatic rings. The fourth-order valence-corrected chi connectivity index (χ4v) is 6.95. The van der Waals surface area contributed by atoms with Crippen LogP contribution in [0.15, 0.2) is 107 Å². The third-order valence-corrected chi connectivity index (χ3v) is 8.38. The molecule has 0 atom stereocenters. The molecule has 32 heavy (non-hydrogen) atoms. The Hall–Kier alpha value is -3.29. The predicted molar refractivity (Wildman–Crippen MR) is 137 cm³/mol. The van der Waals surface area contributed by atoms with Gasteiger partial charge in [-0.1, -0.05) is 104 Å². The van der Waals surface area contributed by atoms with Gasteiger partial charge >= 0.3 is 0 Å². The quantitative estimate of drug-likeness (QED) is 0.253. The van der Waals surface area contributed by atoms with Crippen LogP contribution in [-0.2, 0) is 5.41 Å². The van der Waals surface area contributed by atoms with Crippen molar-refractivity contribution in [1.82, 2.24) is 0 Å². The molecule has 5 aromatic rings. The van der Waals surface area contributed by atoms with Crippen LogP contribution in [0.5, 0.6) is 0 Å². The average molecular weight is 427 g/mol. The summed E-state index contributed by atoms with van der Waals surface area (Å²) in [6.07, 6.45) is 0. The summed E-state index contributed by atoms with van der Waals surface area (Å²) < 4.78 is 0. The van der Waals surface area contributed by atoms with Crippen molar-refractivity contribution in [1.29, 1.82) is 0 Å². The maximum atomic E-state index is 2.42. The molecule has 0 radical (unpaired) electrons. The normalized spacial score (nSPS) is 14.7. The fourth-order valence-electron chi connectivity index (χ4n) is 5.82. The van der Waals surface area contributed by atoms with Crippen LogP contribution in [0.2, 0.25) is 0 Å². The number of benzene rings is 5. The van der Waals surface area contributed by atoms with E-state index in [9.17, 15) is 0 Å². The summed E-state index contributed by atoms with van der Waals surface area (Å²) in [4.78, 5) is 2.70. The van der Waals surface area contributed by atoms with Crippen LogP contribution >= 0.6 is 11.8 Å². The van der Waals surface area contributed by atoms with Crippen molar-refractivity contribution < 1.29 is 0 Å². The summed E-state index contributed by atoms with van der Waals surface area (Å²) in [5.41, 5.74) is 11.0. The molecule has 1 aliphatic heterocycles. The van der Waals surface area contributed by atoms with Gasteiger partial charge in [-0.15, -0.1) is 0 Å². The fraction of sp³-hybridized carbons (Fsp3) is 0.0968. The Labute approximate surface area is 192 Å². The van der Waals surface area contributed by atoms with Crippen molar-refractivity contribution in [3.8, 4) is 33.4 Å². The summed E-state index contributed by atoms with van der Waals surface area (Å²) in [6, 6.07) is 36.1. The van der Waals surface area contributed by atoms with Crippen LogP contribution in [0.25, 0.3) is 44.2 Å². The zero-order chi connectivity index (χ0) is 21.4. The van der Waals surface area contributed by atoms with Crippen molar-refractivity contribution in [2.24, 2.45) is 0 Å². The van der Waals surface area contributed by atoms with Crippen molar-refractivity contribution >= 4 is 22.5 Å². The van der Waals surface area contributed by atoms with E-state index in [-0.39, 0.29) is 5.41 Å². The van der Waals surface area contributed by atoms with Crippen molar-refractivity contribution in [3.05, 3.63) is 108 Å². The van der Waals surface area contributed by atoms with Gasteiger partial charge in [0.05, 0.1) is 0 Å². The zero-order valence-electron chi connectivity index (χ0n) is 18.1. The first-order valence-electron chi connectivity index (χ1n) is 11.2. The molecule has 0 unspecified atom stereocenters. The number of rotatable bonds is 1. The second-order valence-electron chi connectivity index (χ2n) is 9.37. The van der Waals surface area contributed by atoms with Gasteiger partial charge in [-0.25, -0.2) is 0 Å². The third kappa shape index (κ3) is 2.35. The van der Waals surface area contributed by atoms with Gasteiger partial charge in [0.2, 0.25) is 0 Å². The van der Waals surface area contributed by atoms with Crippen LogP contribution in [0.3, 0.4) is 0 Å². The molecule has 1 aliphatic carbocycles. The van der Waals surface area contributed by atoms with E-state index < -0.39 is 0 Å². The summed E-state index contributed by atoms with van der Waals surface area (Å²) >= 11 is 1.89. The van der Waals surface area contributed by atoms with Crippen molar-refractivity contribution in [2.45, 2.75) is 29.1 Å². The second kappa shape index (κ2) is 6.37. The Kier molecular flexibility index (Phi) is 3.64. The van der Waals surface area contributed by atoms with E-state index in [0.717, 1.165) is 0 Å². The largest absolute Gasteiger partial charge is 0.0888 e. The van der Waals surface area contributed by atoms with E-state index in [0.29, 0.717) is 0 Å². The molecule has 7 rings (SSSR count). The Morgan fingerprint density at radius 3 is 2.19 bits per heavy atom. The summed E-state index contributed by atoms with van der Waals surface area (Å²) in [6.45, 7) is 4.73. The van der Waals surface area contributed by atoms with E-state index in [4.69, 9.17) is 0 Å².